The first kappa shape index (κ1) is 12.3. The zero-order valence-electron chi connectivity index (χ0n) is 9.84. The monoisotopic (exact) mass is 226 g/mol. The molecule has 0 saturated heterocycles. The second-order valence-electron chi connectivity index (χ2n) is 4.53. The molecule has 15 heavy (non-hydrogen) atoms. The van der Waals surface area contributed by atoms with Crippen molar-refractivity contribution in [1.82, 2.24) is 4.98 Å². The molecule has 0 aromatic carbocycles. The van der Waals surface area contributed by atoms with Crippen LogP contribution in [0, 0.1) is 12.8 Å². The second kappa shape index (κ2) is 5.36. The first-order chi connectivity index (χ1) is 6.99. The maximum Gasteiger partial charge on any atom is 0.152 e. The number of hydrogen-bond donors (Lipinski definition) is 1. The zero-order valence-corrected chi connectivity index (χ0v) is 10.6. The Kier molecular flexibility index (Phi) is 4.40. The molecule has 1 heterocycles. The molecule has 1 unspecified atom stereocenters. The van der Waals surface area contributed by atoms with Gasteiger partial charge in [-0.15, -0.1) is 0 Å². The molecule has 3 heteroatoms. The number of pyridine rings is 1. The molecule has 1 aromatic heterocycles. The minimum atomic E-state index is 0.422. The van der Waals surface area contributed by atoms with E-state index in [1.807, 2.05) is 13.0 Å². The summed E-state index contributed by atoms with van der Waals surface area (Å²) in [5.41, 5.74) is 2.06. The van der Waals surface area contributed by atoms with Crippen LogP contribution in [-0.4, -0.2) is 11.0 Å². The maximum atomic E-state index is 6.00. The smallest absolute Gasteiger partial charge is 0.152 e. The van der Waals surface area contributed by atoms with Crippen LogP contribution in [0.25, 0.3) is 0 Å². The molecule has 0 aliphatic carbocycles. The van der Waals surface area contributed by atoms with E-state index < -0.39 is 0 Å². The lowest BCUT2D eigenvalue weighted by Crippen LogP contribution is -2.17. The average molecular weight is 227 g/mol. The third-order valence-corrected chi connectivity index (χ3v) is 2.50. The Morgan fingerprint density at radius 2 is 2.07 bits per heavy atom. The predicted octanol–water partition coefficient (Wildman–Crippen LogP) is 3.89. The van der Waals surface area contributed by atoms with E-state index in [0.717, 1.165) is 17.7 Å². The van der Waals surface area contributed by atoms with Crippen molar-refractivity contribution in [3.63, 3.8) is 0 Å². The van der Waals surface area contributed by atoms with Gasteiger partial charge in [-0.1, -0.05) is 25.4 Å². The van der Waals surface area contributed by atoms with Crippen molar-refractivity contribution in [2.24, 2.45) is 5.92 Å². The van der Waals surface area contributed by atoms with Crippen molar-refractivity contribution in [2.45, 2.75) is 40.2 Å². The van der Waals surface area contributed by atoms with Gasteiger partial charge in [0.05, 0.1) is 5.69 Å². The first-order valence-corrected chi connectivity index (χ1v) is 5.75. The molecule has 1 rings (SSSR count). The summed E-state index contributed by atoms with van der Waals surface area (Å²) in [5.74, 6) is 0.684. The summed E-state index contributed by atoms with van der Waals surface area (Å²) in [6, 6.07) is 2.46. The van der Waals surface area contributed by atoms with Crippen LogP contribution in [0.3, 0.4) is 0 Å². The van der Waals surface area contributed by atoms with Gasteiger partial charge in [0, 0.05) is 12.2 Å². The lowest BCUT2D eigenvalue weighted by Gasteiger charge is -2.18. The number of halogens is 1. The minimum absolute atomic E-state index is 0.422. The molecule has 0 fully saturated rings. The fraction of sp³-hybridized carbons (Fsp3) is 0.583. The highest BCUT2D eigenvalue weighted by Gasteiger charge is 2.07. The van der Waals surface area contributed by atoms with E-state index >= 15 is 0 Å². The fourth-order valence-electron chi connectivity index (χ4n) is 1.69. The Morgan fingerprint density at radius 3 is 2.67 bits per heavy atom. The first-order valence-electron chi connectivity index (χ1n) is 5.37. The predicted molar refractivity (Wildman–Crippen MR) is 66.5 cm³/mol. The van der Waals surface area contributed by atoms with E-state index in [0.29, 0.717) is 17.1 Å². The lowest BCUT2D eigenvalue weighted by atomic mass is 10.1. The fourth-order valence-corrected chi connectivity index (χ4v) is 1.84. The highest BCUT2D eigenvalue weighted by Crippen LogP contribution is 2.21. The molecule has 1 aromatic rings. The topological polar surface area (TPSA) is 24.9 Å². The van der Waals surface area contributed by atoms with Crippen molar-refractivity contribution < 1.29 is 0 Å². The Balaban J connectivity index is 2.67. The van der Waals surface area contributed by atoms with Crippen molar-refractivity contribution >= 4 is 17.3 Å². The quantitative estimate of drug-likeness (QED) is 0.788. The Morgan fingerprint density at radius 1 is 1.40 bits per heavy atom. The number of nitrogens with one attached hydrogen (secondary N) is 1. The van der Waals surface area contributed by atoms with Crippen molar-refractivity contribution in [3.8, 4) is 0 Å². The number of hydrogen-bond acceptors (Lipinski definition) is 2. The van der Waals surface area contributed by atoms with Crippen LogP contribution in [-0.2, 0) is 0 Å². The number of nitrogens with zero attached hydrogens (tertiary/aromatic N) is 1. The van der Waals surface area contributed by atoms with Crippen molar-refractivity contribution in [2.75, 3.05) is 5.32 Å². The van der Waals surface area contributed by atoms with Gasteiger partial charge in [-0.25, -0.2) is 4.98 Å². The number of aryl methyl sites for hydroxylation is 1. The molecule has 1 N–H and O–H groups in total. The molecular weight excluding hydrogens is 208 g/mol. The van der Waals surface area contributed by atoms with E-state index in [-0.39, 0.29) is 0 Å². The number of aromatic nitrogens is 1. The second-order valence-corrected chi connectivity index (χ2v) is 4.88. The van der Waals surface area contributed by atoms with E-state index in [1.165, 1.54) is 0 Å². The van der Waals surface area contributed by atoms with Gasteiger partial charge in [-0.2, -0.15) is 0 Å². The van der Waals surface area contributed by atoms with Gasteiger partial charge < -0.3 is 5.32 Å². The molecule has 0 aliphatic rings. The number of rotatable bonds is 4. The van der Waals surface area contributed by atoms with Crippen LogP contribution in [0.2, 0.25) is 5.15 Å². The molecule has 0 radical (unpaired) electrons. The van der Waals surface area contributed by atoms with Crippen molar-refractivity contribution in [3.05, 3.63) is 23.0 Å². The highest BCUT2D eigenvalue weighted by atomic mass is 35.5. The van der Waals surface area contributed by atoms with Crippen LogP contribution in [0.15, 0.2) is 12.3 Å². The SMILES string of the molecule is Cc1cnc(Cl)c(NC(C)CC(C)C)c1. The van der Waals surface area contributed by atoms with Gasteiger partial charge in [-0.3, -0.25) is 0 Å². The van der Waals surface area contributed by atoms with E-state index in [2.05, 4.69) is 31.1 Å². The summed E-state index contributed by atoms with van der Waals surface area (Å²) >= 11 is 6.00. The molecule has 84 valence electrons. The van der Waals surface area contributed by atoms with E-state index in [9.17, 15) is 0 Å². The molecule has 0 bridgehead atoms. The molecular formula is C12H19ClN2. The summed E-state index contributed by atoms with van der Waals surface area (Å²) in [7, 11) is 0. The molecule has 0 saturated carbocycles. The van der Waals surface area contributed by atoms with Gasteiger partial charge in [0.25, 0.3) is 0 Å². The van der Waals surface area contributed by atoms with Gasteiger partial charge in [0.2, 0.25) is 0 Å². The van der Waals surface area contributed by atoms with Crippen LogP contribution in [0.5, 0.6) is 0 Å². The molecule has 1 atom stereocenters. The van der Waals surface area contributed by atoms with Crippen molar-refractivity contribution in [1.29, 1.82) is 0 Å². The highest BCUT2D eigenvalue weighted by molar-refractivity contribution is 6.31. The maximum absolute atomic E-state index is 6.00. The molecule has 2 nitrogen and oxygen atoms in total. The Hall–Kier alpha value is -0.760. The van der Waals surface area contributed by atoms with Gasteiger partial charge in [0.1, 0.15) is 0 Å². The molecule has 0 spiro atoms. The lowest BCUT2D eigenvalue weighted by molar-refractivity contribution is 0.539. The van der Waals surface area contributed by atoms with Crippen LogP contribution in [0.4, 0.5) is 5.69 Å². The largest absolute Gasteiger partial charge is 0.380 e. The van der Waals surface area contributed by atoms with Gasteiger partial charge in [0.15, 0.2) is 5.15 Å². The van der Waals surface area contributed by atoms with Gasteiger partial charge in [-0.05, 0) is 37.8 Å². The summed E-state index contributed by atoms with van der Waals surface area (Å²) in [6.07, 6.45) is 2.91. The normalized spacial score (nSPS) is 12.9. The third-order valence-electron chi connectivity index (χ3n) is 2.20. The Bertz CT molecular complexity index is 323. The van der Waals surface area contributed by atoms with Crippen LogP contribution < -0.4 is 5.32 Å². The summed E-state index contributed by atoms with van der Waals surface area (Å²) < 4.78 is 0. The van der Waals surface area contributed by atoms with Crippen LogP contribution in [0.1, 0.15) is 32.8 Å². The zero-order chi connectivity index (χ0) is 11.4. The Labute approximate surface area is 97.1 Å². The summed E-state index contributed by atoms with van der Waals surface area (Å²) in [6.45, 7) is 8.61. The molecule has 0 amide bonds. The van der Waals surface area contributed by atoms with Gasteiger partial charge >= 0.3 is 0 Å². The standard InChI is InChI=1S/C12H19ClN2/c1-8(2)5-10(4)15-11-6-9(3)7-14-12(11)13/h6-8,10,15H,5H2,1-4H3. The van der Waals surface area contributed by atoms with E-state index in [1.54, 1.807) is 6.20 Å². The average Bonchev–Trinajstić information content (AvgIpc) is 2.10. The number of anilines is 1. The summed E-state index contributed by atoms with van der Waals surface area (Å²) in [5, 5.41) is 3.94. The van der Waals surface area contributed by atoms with E-state index in [4.69, 9.17) is 11.6 Å². The van der Waals surface area contributed by atoms with Crippen LogP contribution >= 0.6 is 11.6 Å². The minimum Gasteiger partial charge on any atom is -0.380 e. The molecule has 0 aliphatic heterocycles. The third kappa shape index (κ3) is 4.08. The summed E-state index contributed by atoms with van der Waals surface area (Å²) in [4.78, 5) is 4.11.